The maximum Gasteiger partial charge on any atom is 0.169 e. The molecule has 0 saturated carbocycles. The van der Waals surface area contributed by atoms with Crippen molar-refractivity contribution in [3.05, 3.63) is 41.7 Å². The Morgan fingerprint density at radius 3 is 2.75 bits per heavy atom. The van der Waals surface area contributed by atoms with Crippen LogP contribution in [0, 0.1) is 18.3 Å². The number of rotatable bonds is 3. The summed E-state index contributed by atoms with van der Waals surface area (Å²) in [6, 6.07) is 8.06. The third-order valence-corrected chi connectivity index (χ3v) is 4.30. The van der Waals surface area contributed by atoms with Crippen molar-refractivity contribution < 1.29 is 0 Å². The highest BCUT2D eigenvalue weighted by atomic mass is 15.3. The average molecular weight is 322 g/mol. The van der Waals surface area contributed by atoms with Gasteiger partial charge in [0.2, 0.25) is 0 Å². The van der Waals surface area contributed by atoms with E-state index in [4.69, 9.17) is 0 Å². The molecule has 0 aliphatic carbocycles. The van der Waals surface area contributed by atoms with Gasteiger partial charge in [-0.1, -0.05) is 6.07 Å². The zero-order valence-electron chi connectivity index (χ0n) is 13.5. The monoisotopic (exact) mass is 322 g/mol. The van der Waals surface area contributed by atoms with Gasteiger partial charge in [-0.15, -0.1) is 0 Å². The molecular formula is C16H18N8. The van der Waals surface area contributed by atoms with E-state index in [1.807, 2.05) is 35.7 Å². The largest absolute Gasteiger partial charge is 0.352 e. The van der Waals surface area contributed by atoms with Crippen molar-refractivity contribution in [1.29, 1.82) is 5.26 Å². The lowest BCUT2D eigenvalue weighted by atomic mass is 10.3. The van der Waals surface area contributed by atoms with Gasteiger partial charge in [0.05, 0.1) is 6.54 Å². The highest BCUT2D eigenvalue weighted by Crippen LogP contribution is 2.22. The Hall–Kier alpha value is -2.92. The molecule has 0 radical (unpaired) electrons. The lowest BCUT2D eigenvalue weighted by Gasteiger charge is -2.34. The van der Waals surface area contributed by atoms with Crippen LogP contribution in [0.4, 0.5) is 5.82 Å². The molecule has 1 N–H and O–H groups in total. The minimum absolute atomic E-state index is 0.601. The molecule has 0 amide bonds. The first-order chi connectivity index (χ1) is 11.7. The van der Waals surface area contributed by atoms with Crippen LogP contribution in [0.25, 0.3) is 5.65 Å². The second-order valence-electron chi connectivity index (χ2n) is 5.92. The topological polar surface area (TPSA) is 89.1 Å². The molecule has 3 aromatic rings. The van der Waals surface area contributed by atoms with Crippen molar-refractivity contribution in [3.63, 3.8) is 0 Å². The fourth-order valence-corrected chi connectivity index (χ4v) is 3.09. The number of imidazole rings is 1. The number of anilines is 1. The Kier molecular flexibility index (Phi) is 3.63. The Labute approximate surface area is 139 Å². The molecule has 24 heavy (non-hydrogen) atoms. The smallest absolute Gasteiger partial charge is 0.169 e. The van der Waals surface area contributed by atoms with Gasteiger partial charge >= 0.3 is 0 Å². The van der Waals surface area contributed by atoms with E-state index in [0.29, 0.717) is 5.69 Å². The molecule has 1 aliphatic heterocycles. The second kappa shape index (κ2) is 5.94. The number of hydrogen-bond donors (Lipinski definition) is 1. The summed E-state index contributed by atoms with van der Waals surface area (Å²) in [5.74, 6) is 2.44. The molecule has 0 bridgehead atoms. The Bertz CT molecular complexity index is 894. The van der Waals surface area contributed by atoms with Crippen LogP contribution in [0.1, 0.15) is 17.3 Å². The van der Waals surface area contributed by atoms with Gasteiger partial charge in [-0.25, -0.2) is 9.97 Å². The SMILES string of the molecule is Cc1nc(CN2CCN(c3nc4ccccn4c3C#N)CC2)n[nH]1. The van der Waals surface area contributed by atoms with Crippen LogP contribution in [0.2, 0.25) is 0 Å². The zero-order chi connectivity index (χ0) is 16.5. The molecule has 4 heterocycles. The molecule has 4 rings (SSSR count). The van der Waals surface area contributed by atoms with E-state index in [1.165, 1.54) is 0 Å². The number of fused-ring (bicyclic) bond motifs is 1. The maximum atomic E-state index is 9.52. The molecule has 1 saturated heterocycles. The van der Waals surface area contributed by atoms with Crippen molar-refractivity contribution >= 4 is 11.5 Å². The first-order valence-electron chi connectivity index (χ1n) is 7.97. The van der Waals surface area contributed by atoms with Crippen LogP contribution in [0.3, 0.4) is 0 Å². The summed E-state index contributed by atoms with van der Waals surface area (Å²) >= 11 is 0. The number of nitrogens with zero attached hydrogens (tertiary/aromatic N) is 7. The second-order valence-corrected chi connectivity index (χ2v) is 5.92. The first-order valence-corrected chi connectivity index (χ1v) is 7.97. The molecule has 0 atom stereocenters. The van der Waals surface area contributed by atoms with Gasteiger partial charge < -0.3 is 4.90 Å². The quantitative estimate of drug-likeness (QED) is 0.772. The highest BCUT2D eigenvalue weighted by Gasteiger charge is 2.23. The average Bonchev–Trinajstić information content (AvgIpc) is 3.18. The number of piperazine rings is 1. The normalized spacial score (nSPS) is 15.8. The molecule has 8 heteroatoms. The van der Waals surface area contributed by atoms with E-state index in [-0.39, 0.29) is 0 Å². The predicted octanol–water partition coefficient (Wildman–Crippen LogP) is 0.955. The minimum Gasteiger partial charge on any atom is -0.352 e. The van der Waals surface area contributed by atoms with Crippen molar-refractivity contribution in [2.24, 2.45) is 0 Å². The van der Waals surface area contributed by atoms with Crippen molar-refractivity contribution in [2.45, 2.75) is 13.5 Å². The van der Waals surface area contributed by atoms with E-state index in [2.05, 4.69) is 36.0 Å². The van der Waals surface area contributed by atoms with Crippen LogP contribution in [0.5, 0.6) is 0 Å². The fraction of sp³-hybridized carbons (Fsp3) is 0.375. The van der Waals surface area contributed by atoms with Crippen LogP contribution in [-0.2, 0) is 6.54 Å². The summed E-state index contributed by atoms with van der Waals surface area (Å²) in [5, 5.41) is 16.6. The molecule has 0 unspecified atom stereocenters. The molecule has 3 aromatic heterocycles. The van der Waals surface area contributed by atoms with E-state index < -0.39 is 0 Å². The number of nitrogens with one attached hydrogen (secondary N) is 1. The van der Waals surface area contributed by atoms with Gasteiger partial charge in [0.25, 0.3) is 0 Å². The zero-order valence-corrected chi connectivity index (χ0v) is 13.5. The fourth-order valence-electron chi connectivity index (χ4n) is 3.09. The van der Waals surface area contributed by atoms with E-state index >= 15 is 0 Å². The summed E-state index contributed by atoms with van der Waals surface area (Å²) in [4.78, 5) is 13.5. The van der Waals surface area contributed by atoms with Gasteiger partial charge in [-0.05, 0) is 19.1 Å². The summed E-state index contributed by atoms with van der Waals surface area (Å²) < 4.78 is 1.85. The maximum absolute atomic E-state index is 9.52. The van der Waals surface area contributed by atoms with Crippen molar-refractivity contribution in [1.82, 2.24) is 29.5 Å². The van der Waals surface area contributed by atoms with Gasteiger partial charge in [0, 0.05) is 32.4 Å². The summed E-state index contributed by atoms with van der Waals surface area (Å²) in [5.41, 5.74) is 1.41. The van der Waals surface area contributed by atoms with Crippen LogP contribution in [-0.4, -0.2) is 55.6 Å². The number of aromatic nitrogens is 5. The molecule has 0 aromatic carbocycles. The van der Waals surface area contributed by atoms with Crippen LogP contribution >= 0.6 is 0 Å². The number of aryl methyl sites for hydroxylation is 1. The Morgan fingerprint density at radius 1 is 1.21 bits per heavy atom. The van der Waals surface area contributed by atoms with Gasteiger partial charge in [-0.2, -0.15) is 10.4 Å². The van der Waals surface area contributed by atoms with E-state index in [1.54, 1.807) is 0 Å². The molecule has 122 valence electrons. The standard InChI is InChI=1S/C16H18N8/c1-12-18-14(21-20-12)11-22-6-8-23(9-7-22)16-13(10-17)24-5-3-2-4-15(24)19-16/h2-5H,6-9,11H2,1H3,(H,18,20,21). The lowest BCUT2D eigenvalue weighted by molar-refractivity contribution is 0.244. The minimum atomic E-state index is 0.601. The number of pyridine rings is 1. The van der Waals surface area contributed by atoms with Crippen molar-refractivity contribution in [2.75, 3.05) is 31.1 Å². The number of aromatic amines is 1. The molecule has 1 fully saturated rings. The van der Waals surface area contributed by atoms with Gasteiger partial charge in [0.15, 0.2) is 17.3 Å². The number of nitriles is 1. The highest BCUT2D eigenvalue weighted by molar-refractivity contribution is 5.60. The van der Waals surface area contributed by atoms with Gasteiger partial charge in [-0.3, -0.25) is 14.4 Å². The number of H-pyrrole nitrogens is 1. The molecule has 0 spiro atoms. The summed E-state index contributed by atoms with van der Waals surface area (Å²) in [6.07, 6.45) is 1.88. The molecular weight excluding hydrogens is 304 g/mol. The third-order valence-electron chi connectivity index (χ3n) is 4.30. The lowest BCUT2D eigenvalue weighted by Crippen LogP contribution is -2.46. The molecule has 1 aliphatic rings. The Morgan fingerprint density at radius 2 is 2.04 bits per heavy atom. The summed E-state index contributed by atoms with van der Waals surface area (Å²) in [7, 11) is 0. The van der Waals surface area contributed by atoms with Gasteiger partial charge in [0.1, 0.15) is 17.5 Å². The molecule has 8 nitrogen and oxygen atoms in total. The Balaban J connectivity index is 1.49. The number of hydrogen-bond acceptors (Lipinski definition) is 6. The first kappa shape index (κ1) is 14.7. The van der Waals surface area contributed by atoms with E-state index in [0.717, 1.165) is 55.8 Å². The van der Waals surface area contributed by atoms with Crippen LogP contribution < -0.4 is 4.90 Å². The predicted molar refractivity (Wildman–Crippen MR) is 88.5 cm³/mol. The van der Waals surface area contributed by atoms with Crippen LogP contribution in [0.15, 0.2) is 24.4 Å². The summed E-state index contributed by atoms with van der Waals surface area (Å²) in [6.45, 7) is 6.11. The van der Waals surface area contributed by atoms with Crippen molar-refractivity contribution in [3.8, 4) is 6.07 Å². The third kappa shape index (κ3) is 2.59. The van der Waals surface area contributed by atoms with E-state index in [9.17, 15) is 5.26 Å².